The predicted molar refractivity (Wildman–Crippen MR) is 73.8 cm³/mol. The van der Waals surface area contributed by atoms with Gasteiger partial charge in [0.15, 0.2) is 5.03 Å². The summed E-state index contributed by atoms with van der Waals surface area (Å²) < 4.78 is 28.4. The van der Waals surface area contributed by atoms with Gasteiger partial charge in [-0.2, -0.15) is 0 Å². The van der Waals surface area contributed by atoms with Crippen molar-refractivity contribution in [2.75, 3.05) is 0 Å². The molecule has 7 nitrogen and oxygen atoms in total. The van der Waals surface area contributed by atoms with Crippen LogP contribution in [0.25, 0.3) is 0 Å². The van der Waals surface area contributed by atoms with Gasteiger partial charge >= 0.3 is 5.97 Å². The zero-order valence-corrected chi connectivity index (χ0v) is 12.9. The Kier molecular flexibility index (Phi) is 5.29. The summed E-state index contributed by atoms with van der Waals surface area (Å²) in [5.74, 6) is -1.25. The van der Waals surface area contributed by atoms with E-state index >= 15 is 0 Å². The number of sulfonamides is 1. The van der Waals surface area contributed by atoms with E-state index in [1.54, 1.807) is 11.5 Å². The van der Waals surface area contributed by atoms with Gasteiger partial charge in [-0.25, -0.2) is 18.1 Å². The predicted octanol–water partition coefficient (Wildman–Crippen LogP) is 0.989. The van der Waals surface area contributed by atoms with Crippen molar-refractivity contribution in [1.29, 1.82) is 0 Å². The van der Waals surface area contributed by atoms with Crippen LogP contribution in [0.3, 0.4) is 0 Å². The van der Waals surface area contributed by atoms with Crippen LogP contribution >= 0.6 is 0 Å². The lowest BCUT2D eigenvalue weighted by atomic mass is 10.1. The number of carbonyl (C=O) groups is 1. The molecule has 20 heavy (non-hydrogen) atoms. The molecule has 1 aromatic heterocycles. The first kappa shape index (κ1) is 16.6. The molecule has 0 radical (unpaired) electrons. The van der Waals surface area contributed by atoms with E-state index in [4.69, 9.17) is 5.11 Å². The van der Waals surface area contributed by atoms with Crippen molar-refractivity contribution in [2.45, 2.75) is 51.7 Å². The Hall–Kier alpha value is -1.41. The third-order valence-corrected chi connectivity index (χ3v) is 4.60. The first-order valence-corrected chi connectivity index (χ1v) is 7.96. The summed E-state index contributed by atoms with van der Waals surface area (Å²) in [5.41, 5.74) is 0. The quantitative estimate of drug-likeness (QED) is 0.782. The number of hydrogen-bond acceptors (Lipinski definition) is 4. The largest absolute Gasteiger partial charge is 0.481 e. The minimum absolute atomic E-state index is 0.0760. The highest BCUT2D eigenvalue weighted by Crippen LogP contribution is 2.12. The fourth-order valence-electron chi connectivity index (χ4n) is 1.70. The Balaban J connectivity index is 2.94. The topological polar surface area (TPSA) is 101 Å². The van der Waals surface area contributed by atoms with E-state index in [-0.39, 0.29) is 5.03 Å². The Morgan fingerprint density at radius 2 is 2.10 bits per heavy atom. The van der Waals surface area contributed by atoms with Crippen LogP contribution in [0, 0.1) is 12.8 Å². The molecular formula is C12H21N3O4S. The van der Waals surface area contributed by atoms with Crippen LogP contribution in [0.4, 0.5) is 0 Å². The van der Waals surface area contributed by atoms with Gasteiger partial charge in [-0.05, 0) is 20.3 Å². The molecular weight excluding hydrogens is 282 g/mol. The monoisotopic (exact) mass is 303 g/mol. The molecule has 0 aromatic carbocycles. The number of aryl methyl sites for hydroxylation is 2. The highest BCUT2D eigenvalue weighted by atomic mass is 32.2. The molecule has 114 valence electrons. The van der Waals surface area contributed by atoms with Crippen LogP contribution in [0.5, 0.6) is 0 Å². The lowest BCUT2D eigenvalue weighted by molar-refractivity contribution is -0.141. The second-order valence-corrected chi connectivity index (χ2v) is 6.52. The number of aliphatic carboxylic acids is 1. The lowest BCUT2D eigenvalue weighted by Crippen LogP contribution is -2.40. The molecule has 1 rings (SSSR count). The second-order valence-electron chi connectivity index (χ2n) is 4.86. The fourth-order valence-corrected chi connectivity index (χ4v) is 3.03. The van der Waals surface area contributed by atoms with E-state index in [2.05, 4.69) is 9.71 Å². The smallest absolute Gasteiger partial charge is 0.307 e. The third-order valence-electron chi connectivity index (χ3n) is 3.17. The molecule has 1 aromatic rings. The van der Waals surface area contributed by atoms with E-state index < -0.39 is 28.0 Å². The van der Waals surface area contributed by atoms with Gasteiger partial charge in [0.2, 0.25) is 0 Å². The highest BCUT2D eigenvalue weighted by molar-refractivity contribution is 7.89. The Morgan fingerprint density at radius 3 is 2.60 bits per heavy atom. The van der Waals surface area contributed by atoms with Crippen molar-refractivity contribution in [1.82, 2.24) is 14.3 Å². The van der Waals surface area contributed by atoms with Crippen LogP contribution in [0.1, 0.15) is 33.0 Å². The number of nitrogens with zero attached hydrogens (tertiary/aromatic N) is 2. The first-order chi connectivity index (χ1) is 9.19. The fraction of sp³-hybridized carbons (Fsp3) is 0.667. The second kappa shape index (κ2) is 6.36. The normalized spacial score (nSPS) is 15.0. The number of carboxylic acid groups (broad SMARTS) is 1. The van der Waals surface area contributed by atoms with Gasteiger partial charge < -0.3 is 9.67 Å². The third kappa shape index (κ3) is 3.80. The molecule has 1 heterocycles. The number of carboxylic acids is 1. The average molecular weight is 303 g/mol. The maximum absolute atomic E-state index is 12.2. The van der Waals surface area contributed by atoms with Crippen molar-refractivity contribution in [2.24, 2.45) is 5.92 Å². The van der Waals surface area contributed by atoms with E-state index in [9.17, 15) is 13.2 Å². The lowest BCUT2D eigenvalue weighted by Gasteiger charge is -2.16. The summed E-state index contributed by atoms with van der Waals surface area (Å²) in [5, 5.41) is 8.81. The van der Waals surface area contributed by atoms with Crippen molar-refractivity contribution in [3.05, 3.63) is 12.0 Å². The summed E-state index contributed by atoms with van der Waals surface area (Å²) in [4.78, 5) is 14.9. The van der Waals surface area contributed by atoms with Crippen LogP contribution in [0.15, 0.2) is 11.2 Å². The molecule has 0 saturated heterocycles. The Bertz CT molecular complexity index is 580. The molecule has 0 bridgehead atoms. The Morgan fingerprint density at radius 1 is 1.50 bits per heavy atom. The van der Waals surface area contributed by atoms with E-state index in [1.165, 1.54) is 20.0 Å². The number of aromatic nitrogens is 2. The molecule has 2 atom stereocenters. The van der Waals surface area contributed by atoms with Crippen molar-refractivity contribution in [3.8, 4) is 0 Å². The average Bonchev–Trinajstić information content (AvgIpc) is 2.70. The number of hydrogen-bond donors (Lipinski definition) is 2. The highest BCUT2D eigenvalue weighted by Gasteiger charge is 2.27. The van der Waals surface area contributed by atoms with Gasteiger partial charge in [0, 0.05) is 18.8 Å². The summed E-state index contributed by atoms with van der Waals surface area (Å²) in [6.45, 7) is 7.39. The molecule has 0 aliphatic rings. The molecule has 2 N–H and O–H groups in total. The number of rotatable bonds is 7. The van der Waals surface area contributed by atoms with E-state index in [0.29, 0.717) is 12.4 Å². The molecule has 0 amide bonds. The van der Waals surface area contributed by atoms with Gasteiger partial charge in [-0.3, -0.25) is 4.79 Å². The van der Waals surface area contributed by atoms with Crippen LogP contribution in [-0.4, -0.2) is 35.1 Å². The van der Waals surface area contributed by atoms with Gasteiger partial charge in [0.05, 0.1) is 5.92 Å². The zero-order valence-electron chi connectivity index (χ0n) is 12.1. The van der Waals surface area contributed by atoms with Crippen LogP contribution < -0.4 is 4.72 Å². The van der Waals surface area contributed by atoms with E-state index in [0.717, 1.165) is 6.42 Å². The van der Waals surface area contributed by atoms with Crippen molar-refractivity contribution >= 4 is 16.0 Å². The summed E-state index contributed by atoms with van der Waals surface area (Å²) in [7, 11) is -3.80. The molecule has 0 spiro atoms. The minimum Gasteiger partial charge on any atom is -0.481 e. The first-order valence-electron chi connectivity index (χ1n) is 6.48. The molecule has 8 heteroatoms. The molecule has 2 unspecified atom stereocenters. The summed E-state index contributed by atoms with van der Waals surface area (Å²) in [6.07, 6.45) is 2.34. The number of nitrogens with one attached hydrogen (secondary N) is 1. The standard InChI is InChI=1S/C12H21N3O4S/c1-5-6-15-7-11(13-10(15)4)20(18,19)14-9(3)8(2)12(16)17/h7-9,14H,5-6H2,1-4H3,(H,16,17). The Labute approximate surface area is 119 Å². The van der Waals surface area contributed by atoms with Gasteiger partial charge in [0.1, 0.15) is 5.82 Å². The minimum atomic E-state index is -3.80. The van der Waals surface area contributed by atoms with Crippen LogP contribution in [-0.2, 0) is 21.4 Å². The van der Waals surface area contributed by atoms with Gasteiger partial charge in [-0.15, -0.1) is 0 Å². The van der Waals surface area contributed by atoms with Crippen molar-refractivity contribution in [3.63, 3.8) is 0 Å². The molecule has 0 fully saturated rings. The van der Waals surface area contributed by atoms with Gasteiger partial charge in [0.25, 0.3) is 10.0 Å². The summed E-state index contributed by atoms with van der Waals surface area (Å²) in [6, 6.07) is -0.714. The van der Waals surface area contributed by atoms with Crippen molar-refractivity contribution < 1.29 is 18.3 Å². The molecule has 0 aliphatic carbocycles. The SMILES string of the molecule is CCCn1cc(S(=O)(=O)NC(C)C(C)C(=O)O)nc1C. The van der Waals surface area contributed by atoms with E-state index in [1.807, 2.05) is 6.92 Å². The maximum atomic E-state index is 12.2. The van der Waals surface area contributed by atoms with Crippen LogP contribution in [0.2, 0.25) is 0 Å². The molecule has 0 saturated carbocycles. The maximum Gasteiger partial charge on any atom is 0.307 e. The zero-order chi connectivity index (χ0) is 15.5. The number of imidazole rings is 1. The molecule has 0 aliphatic heterocycles. The van der Waals surface area contributed by atoms with Gasteiger partial charge in [-0.1, -0.05) is 13.8 Å². The summed E-state index contributed by atoms with van der Waals surface area (Å²) >= 11 is 0.